The first-order chi connectivity index (χ1) is 9.15. The average molecular weight is 341 g/mol. The van der Waals surface area contributed by atoms with Crippen molar-refractivity contribution in [3.63, 3.8) is 0 Å². The molecule has 0 saturated carbocycles. The summed E-state index contributed by atoms with van der Waals surface area (Å²) in [6.07, 6.45) is 0.849. The first-order valence-electron chi connectivity index (χ1n) is 6.22. The lowest BCUT2D eigenvalue weighted by Crippen LogP contribution is -2.05. The Kier molecular flexibility index (Phi) is 4.77. The molecule has 0 amide bonds. The second kappa shape index (κ2) is 6.35. The van der Waals surface area contributed by atoms with Gasteiger partial charge in [0.05, 0.1) is 10.2 Å². The summed E-state index contributed by atoms with van der Waals surface area (Å²) in [5, 5.41) is 3.96. The molecule has 0 unspecified atom stereocenters. The smallest absolute Gasteiger partial charge is 0.161 e. The summed E-state index contributed by atoms with van der Waals surface area (Å²) >= 11 is 9.46. The third-order valence-electron chi connectivity index (χ3n) is 2.70. The van der Waals surface area contributed by atoms with Crippen LogP contribution < -0.4 is 5.32 Å². The van der Waals surface area contributed by atoms with Gasteiger partial charge < -0.3 is 5.32 Å². The van der Waals surface area contributed by atoms with E-state index >= 15 is 0 Å². The highest BCUT2D eigenvalue weighted by Gasteiger charge is 2.11. The fourth-order valence-electron chi connectivity index (χ4n) is 1.74. The van der Waals surface area contributed by atoms with Gasteiger partial charge in [0.25, 0.3) is 0 Å². The summed E-state index contributed by atoms with van der Waals surface area (Å²) in [6.45, 7) is 4.94. The minimum Gasteiger partial charge on any atom is -0.369 e. The summed E-state index contributed by atoms with van der Waals surface area (Å²) < 4.78 is 0.939. The van der Waals surface area contributed by atoms with Crippen LogP contribution >= 0.6 is 27.5 Å². The fraction of sp³-hybridized carbons (Fsp3) is 0.286. The molecule has 0 bridgehead atoms. The van der Waals surface area contributed by atoms with Gasteiger partial charge in [0.2, 0.25) is 0 Å². The van der Waals surface area contributed by atoms with E-state index in [4.69, 9.17) is 11.6 Å². The molecule has 0 saturated heterocycles. The number of benzene rings is 1. The molecule has 0 fully saturated rings. The van der Waals surface area contributed by atoms with E-state index in [1.165, 1.54) is 0 Å². The molecule has 3 nitrogen and oxygen atoms in total. The van der Waals surface area contributed by atoms with E-state index in [0.29, 0.717) is 10.8 Å². The molecule has 0 radical (unpaired) electrons. The minimum absolute atomic E-state index is 0.712. The predicted molar refractivity (Wildman–Crippen MR) is 83.7 cm³/mol. The van der Waals surface area contributed by atoms with E-state index in [1.54, 1.807) is 0 Å². The van der Waals surface area contributed by atoms with E-state index in [1.807, 2.05) is 31.2 Å². The molecule has 19 heavy (non-hydrogen) atoms. The van der Waals surface area contributed by atoms with Gasteiger partial charge >= 0.3 is 0 Å². The molecule has 100 valence electrons. The van der Waals surface area contributed by atoms with E-state index < -0.39 is 0 Å². The highest BCUT2D eigenvalue weighted by molar-refractivity contribution is 9.10. The van der Waals surface area contributed by atoms with E-state index in [0.717, 1.165) is 34.5 Å². The van der Waals surface area contributed by atoms with Crippen LogP contribution in [0, 0.1) is 0 Å². The van der Waals surface area contributed by atoms with Gasteiger partial charge in [0, 0.05) is 17.1 Å². The van der Waals surface area contributed by atoms with Crippen molar-refractivity contribution in [2.24, 2.45) is 0 Å². The Morgan fingerprint density at radius 1 is 1.16 bits per heavy atom. The molecule has 1 N–H and O–H groups in total. The number of hydrogen-bond acceptors (Lipinski definition) is 3. The standard InChI is InChI=1S/C14H15BrClN3/c1-3-11-12(15)14(17-4-2)19-13(18-11)9-5-7-10(16)8-6-9/h5-8H,3-4H2,1-2H3,(H,17,18,19). The lowest BCUT2D eigenvalue weighted by Gasteiger charge is -2.11. The molecule has 5 heteroatoms. The summed E-state index contributed by atoms with van der Waals surface area (Å²) in [5.74, 6) is 1.55. The van der Waals surface area contributed by atoms with Gasteiger partial charge in [-0.1, -0.05) is 18.5 Å². The number of nitrogens with zero attached hydrogens (tertiary/aromatic N) is 2. The monoisotopic (exact) mass is 339 g/mol. The maximum Gasteiger partial charge on any atom is 0.161 e. The lowest BCUT2D eigenvalue weighted by atomic mass is 10.2. The van der Waals surface area contributed by atoms with Gasteiger partial charge in [-0.25, -0.2) is 9.97 Å². The molecule has 0 atom stereocenters. The summed E-state index contributed by atoms with van der Waals surface area (Å²) in [7, 11) is 0. The Morgan fingerprint density at radius 2 is 1.84 bits per heavy atom. The molecule has 2 rings (SSSR count). The first kappa shape index (κ1) is 14.3. The molecular formula is C14H15BrClN3. The van der Waals surface area contributed by atoms with Gasteiger partial charge in [0.1, 0.15) is 5.82 Å². The summed E-state index contributed by atoms with van der Waals surface area (Å²) in [4.78, 5) is 9.15. The maximum atomic E-state index is 5.90. The van der Waals surface area contributed by atoms with Crippen molar-refractivity contribution < 1.29 is 0 Å². The van der Waals surface area contributed by atoms with Crippen molar-refractivity contribution in [3.8, 4) is 11.4 Å². The van der Waals surface area contributed by atoms with Crippen LogP contribution in [-0.2, 0) is 6.42 Å². The molecule has 0 spiro atoms. The van der Waals surface area contributed by atoms with Gasteiger partial charge in [-0.3, -0.25) is 0 Å². The highest BCUT2D eigenvalue weighted by atomic mass is 79.9. The Labute approximate surface area is 126 Å². The molecular weight excluding hydrogens is 326 g/mol. The Bertz CT molecular complexity index is 570. The van der Waals surface area contributed by atoms with Crippen LogP contribution in [0.2, 0.25) is 5.02 Å². The van der Waals surface area contributed by atoms with Crippen LogP contribution in [0.5, 0.6) is 0 Å². The van der Waals surface area contributed by atoms with Gasteiger partial charge in [-0.05, 0) is 53.5 Å². The number of aromatic nitrogens is 2. The van der Waals surface area contributed by atoms with Crippen molar-refractivity contribution >= 4 is 33.3 Å². The number of rotatable bonds is 4. The van der Waals surface area contributed by atoms with Gasteiger partial charge in [0.15, 0.2) is 5.82 Å². The number of halogens is 2. The number of nitrogens with one attached hydrogen (secondary N) is 1. The first-order valence-corrected chi connectivity index (χ1v) is 7.39. The third kappa shape index (κ3) is 3.25. The Balaban J connectivity index is 2.51. The number of anilines is 1. The van der Waals surface area contributed by atoms with Gasteiger partial charge in [-0.2, -0.15) is 0 Å². The largest absolute Gasteiger partial charge is 0.369 e. The fourth-order valence-corrected chi connectivity index (χ4v) is 2.46. The van der Waals surface area contributed by atoms with Crippen molar-refractivity contribution in [2.75, 3.05) is 11.9 Å². The van der Waals surface area contributed by atoms with Crippen LogP contribution in [0.25, 0.3) is 11.4 Å². The molecule has 0 aliphatic rings. The van der Waals surface area contributed by atoms with Crippen molar-refractivity contribution in [3.05, 3.63) is 39.5 Å². The van der Waals surface area contributed by atoms with Crippen LogP contribution in [0.15, 0.2) is 28.7 Å². The zero-order chi connectivity index (χ0) is 13.8. The molecule has 1 aromatic carbocycles. The van der Waals surface area contributed by atoms with Crippen molar-refractivity contribution in [1.82, 2.24) is 9.97 Å². The second-order valence-electron chi connectivity index (χ2n) is 4.05. The Hall–Kier alpha value is -1.13. The topological polar surface area (TPSA) is 37.8 Å². The van der Waals surface area contributed by atoms with Crippen LogP contribution in [0.4, 0.5) is 5.82 Å². The number of hydrogen-bond donors (Lipinski definition) is 1. The quantitative estimate of drug-likeness (QED) is 0.887. The molecule has 1 heterocycles. The molecule has 0 aliphatic heterocycles. The molecule has 1 aromatic heterocycles. The van der Waals surface area contributed by atoms with Crippen molar-refractivity contribution in [2.45, 2.75) is 20.3 Å². The third-order valence-corrected chi connectivity index (χ3v) is 3.79. The number of aryl methyl sites for hydroxylation is 1. The molecule has 0 aliphatic carbocycles. The zero-order valence-electron chi connectivity index (χ0n) is 10.9. The Morgan fingerprint density at radius 3 is 2.42 bits per heavy atom. The minimum atomic E-state index is 0.712. The van der Waals surface area contributed by atoms with Crippen LogP contribution in [-0.4, -0.2) is 16.5 Å². The summed E-state index contributed by atoms with van der Waals surface area (Å²) in [6, 6.07) is 7.56. The summed E-state index contributed by atoms with van der Waals surface area (Å²) in [5.41, 5.74) is 1.96. The van der Waals surface area contributed by atoms with E-state index in [9.17, 15) is 0 Å². The maximum absolute atomic E-state index is 5.90. The van der Waals surface area contributed by atoms with Crippen LogP contribution in [0.3, 0.4) is 0 Å². The predicted octanol–water partition coefficient (Wildman–Crippen LogP) is 4.55. The van der Waals surface area contributed by atoms with Crippen LogP contribution in [0.1, 0.15) is 19.5 Å². The van der Waals surface area contributed by atoms with E-state index in [2.05, 4.69) is 38.1 Å². The molecule has 2 aromatic rings. The highest BCUT2D eigenvalue weighted by Crippen LogP contribution is 2.28. The second-order valence-corrected chi connectivity index (χ2v) is 5.28. The normalized spacial score (nSPS) is 10.5. The van der Waals surface area contributed by atoms with E-state index in [-0.39, 0.29) is 0 Å². The van der Waals surface area contributed by atoms with Crippen molar-refractivity contribution in [1.29, 1.82) is 0 Å². The lowest BCUT2D eigenvalue weighted by molar-refractivity contribution is 0.984. The van der Waals surface area contributed by atoms with Gasteiger partial charge in [-0.15, -0.1) is 0 Å². The average Bonchev–Trinajstić information content (AvgIpc) is 2.42. The SMILES string of the molecule is CCNc1nc(-c2ccc(Cl)cc2)nc(CC)c1Br. The zero-order valence-corrected chi connectivity index (χ0v) is 13.2.